The molecule has 2 aliphatic rings. The molecule has 0 spiro atoms. The predicted octanol–water partition coefficient (Wildman–Crippen LogP) is 4.88. The fraction of sp³-hybridized carbons (Fsp3) is 0.333. The van der Waals surface area contributed by atoms with Gasteiger partial charge in [-0.2, -0.15) is 0 Å². The van der Waals surface area contributed by atoms with Crippen molar-refractivity contribution in [2.45, 2.75) is 19.0 Å². The van der Waals surface area contributed by atoms with Crippen LogP contribution in [-0.4, -0.2) is 56.8 Å². The Morgan fingerprint density at radius 3 is 2.49 bits per heavy atom. The number of benzene rings is 3. The van der Waals surface area contributed by atoms with E-state index in [1.54, 1.807) is 14.2 Å². The summed E-state index contributed by atoms with van der Waals surface area (Å²) < 4.78 is 24.6. The van der Waals surface area contributed by atoms with E-state index in [4.69, 9.17) is 9.47 Å². The second-order valence-electron chi connectivity index (χ2n) is 9.88. The first-order chi connectivity index (χ1) is 18.1. The number of halogens is 1. The first kappa shape index (κ1) is 23.8. The van der Waals surface area contributed by atoms with Gasteiger partial charge in [0.1, 0.15) is 17.3 Å². The van der Waals surface area contributed by atoms with Crippen molar-refractivity contribution in [1.82, 2.24) is 15.2 Å². The summed E-state index contributed by atoms with van der Waals surface area (Å²) >= 11 is 0. The van der Waals surface area contributed by atoms with E-state index in [-0.39, 0.29) is 11.9 Å². The summed E-state index contributed by atoms with van der Waals surface area (Å²) in [6, 6.07) is 19.7. The second-order valence-corrected chi connectivity index (χ2v) is 9.88. The van der Waals surface area contributed by atoms with Crippen LogP contribution in [0.3, 0.4) is 0 Å². The molecule has 0 amide bonds. The summed E-state index contributed by atoms with van der Waals surface area (Å²) in [6.45, 7) is 5.48. The molecular weight excluding hydrogens is 467 g/mol. The van der Waals surface area contributed by atoms with E-state index < -0.39 is 0 Å². The van der Waals surface area contributed by atoms with Crippen molar-refractivity contribution >= 4 is 16.6 Å². The van der Waals surface area contributed by atoms with Gasteiger partial charge in [-0.05, 0) is 72.1 Å². The van der Waals surface area contributed by atoms with Crippen LogP contribution < -0.4 is 19.7 Å². The lowest BCUT2D eigenvalue weighted by Crippen LogP contribution is -2.46. The Balaban J connectivity index is 1.22. The molecule has 6 rings (SSSR count). The Kier molecular flexibility index (Phi) is 6.49. The van der Waals surface area contributed by atoms with Gasteiger partial charge in [0, 0.05) is 67.1 Å². The quantitative estimate of drug-likeness (QED) is 0.395. The van der Waals surface area contributed by atoms with E-state index in [9.17, 15) is 4.39 Å². The number of piperazine rings is 1. The number of nitrogens with zero attached hydrogens (tertiary/aromatic N) is 2. The van der Waals surface area contributed by atoms with Crippen molar-refractivity contribution in [2.75, 3.05) is 51.8 Å². The topological polar surface area (TPSA) is 52.8 Å². The number of ether oxygens (including phenoxy) is 2. The largest absolute Gasteiger partial charge is 0.497 e. The van der Waals surface area contributed by atoms with Crippen molar-refractivity contribution in [3.8, 4) is 11.5 Å². The van der Waals surface area contributed by atoms with E-state index in [0.717, 1.165) is 68.4 Å². The number of methoxy groups -OCH3 is 2. The Labute approximate surface area is 217 Å². The van der Waals surface area contributed by atoms with E-state index in [0.29, 0.717) is 0 Å². The average molecular weight is 501 g/mol. The second kappa shape index (κ2) is 10.1. The molecule has 1 saturated heterocycles. The molecule has 0 aliphatic carbocycles. The third-order valence-corrected chi connectivity index (χ3v) is 7.75. The van der Waals surface area contributed by atoms with Crippen molar-refractivity contribution in [3.05, 3.63) is 88.9 Å². The lowest BCUT2D eigenvalue weighted by atomic mass is 9.93. The fourth-order valence-electron chi connectivity index (χ4n) is 5.78. The SMILES string of the molecule is COc1ccc2[nH]c3c(c2c1)CCNC3c1ccc(OC)c(CN2CCN(c3ccc(F)cc3)CC2)c1. The van der Waals surface area contributed by atoms with Gasteiger partial charge < -0.3 is 24.7 Å². The fourth-order valence-corrected chi connectivity index (χ4v) is 5.78. The zero-order valence-electron chi connectivity index (χ0n) is 21.4. The van der Waals surface area contributed by atoms with E-state index in [1.165, 1.54) is 39.9 Å². The van der Waals surface area contributed by atoms with Crippen LogP contribution in [0.1, 0.15) is 28.4 Å². The number of rotatable bonds is 6. The molecule has 3 aromatic carbocycles. The number of H-pyrrole nitrogens is 1. The van der Waals surface area contributed by atoms with Gasteiger partial charge in [-0.1, -0.05) is 6.07 Å². The minimum Gasteiger partial charge on any atom is -0.497 e. The third kappa shape index (κ3) is 4.65. The van der Waals surface area contributed by atoms with Crippen molar-refractivity contribution in [2.24, 2.45) is 0 Å². The molecule has 1 fully saturated rings. The van der Waals surface area contributed by atoms with E-state index in [1.807, 2.05) is 18.2 Å². The zero-order chi connectivity index (χ0) is 25.4. The zero-order valence-corrected chi connectivity index (χ0v) is 21.4. The molecule has 2 aliphatic heterocycles. The maximum atomic E-state index is 13.3. The molecule has 0 bridgehead atoms. The van der Waals surface area contributed by atoms with Crippen molar-refractivity contribution < 1.29 is 13.9 Å². The highest BCUT2D eigenvalue weighted by Crippen LogP contribution is 2.36. The molecule has 2 N–H and O–H groups in total. The van der Waals surface area contributed by atoms with Gasteiger partial charge in [-0.15, -0.1) is 0 Å². The monoisotopic (exact) mass is 500 g/mol. The van der Waals surface area contributed by atoms with E-state index >= 15 is 0 Å². The highest BCUT2D eigenvalue weighted by atomic mass is 19.1. The minimum atomic E-state index is -0.193. The summed E-state index contributed by atoms with van der Waals surface area (Å²) in [4.78, 5) is 8.47. The van der Waals surface area contributed by atoms with Gasteiger partial charge in [0.2, 0.25) is 0 Å². The van der Waals surface area contributed by atoms with Crippen LogP contribution in [0, 0.1) is 5.82 Å². The average Bonchev–Trinajstić information content (AvgIpc) is 3.32. The maximum Gasteiger partial charge on any atom is 0.123 e. The van der Waals surface area contributed by atoms with Gasteiger partial charge in [-0.25, -0.2) is 4.39 Å². The van der Waals surface area contributed by atoms with Gasteiger partial charge >= 0.3 is 0 Å². The van der Waals surface area contributed by atoms with Gasteiger partial charge in [0.05, 0.1) is 20.3 Å². The maximum absolute atomic E-state index is 13.3. The van der Waals surface area contributed by atoms with Crippen LogP contribution in [0.25, 0.3) is 10.9 Å². The molecule has 1 atom stereocenters. The van der Waals surface area contributed by atoms with Crippen LogP contribution >= 0.6 is 0 Å². The summed E-state index contributed by atoms with van der Waals surface area (Å²) in [5.41, 5.74) is 7.26. The normalized spacial score (nSPS) is 18.1. The Morgan fingerprint density at radius 1 is 0.919 bits per heavy atom. The lowest BCUT2D eigenvalue weighted by Gasteiger charge is -2.36. The predicted molar refractivity (Wildman–Crippen MR) is 145 cm³/mol. The number of aromatic nitrogens is 1. The smallest absolute Gasteiger partial charge is 0.123 e. The molecule has 192 valence electrons. The first-order valence-electron chi connectivity index (χ1n) is 12.9. The molecular formula is C30H33FN4O2. The van der Waals surface area contributed by atoms with Crippen molar-refractivity contribution in [1.29, 1.82) is 0 Å². The highest BCUT2D eigenvalue weighted by molar-refractivity contribution is 5.86. The summed E-state index contributed by atoms with van der Waals surface area (Å²) in [5.74, 6) is 1.61. The summed E-state index contributed by atoms with van der Waals surface area (Å²) in [6.07, 6.45) is 0.986. The molecule has 3 heterocycles. The molecule has 0 saturated carbocycles. The van der Waals surface area contributed by atoms with Crippen LogP contribution in [0.2, 0.25) is 0 Å². The van der Waals surface area contributed by atoms with Crippen LogP contribution in [-0.2, 0) is 13.0 Å². The Hall–Kier alpha value is -3.55. The number of hydrogen-bond acceptors (Lipinski definition) is 5. The lowest BCUT2D eigenvalue weighted by molar-refractivity contribution is 0.246. The number of nitrogens with one attached hydrogen (secondary N) is 2. The Morgan fingerprint density at radius 2 is 1.73 bits per heavy atom. The molecule has 0 radical (unpaired) electrons. The molecule has 7 heteroatoms. The highest BCUT2D eigenvalue weighted by Gasteiger charge is 2.27. The molecule has 37 heavy (non-hydrogen) atoms. The summed E-state index contributed by atoms with van der Waals surface area (Å²) in [5, 5.41) is 4.97. The van der Waals surface area contributed by atoms with E-state index in [2.05, 4.69) is 50.4 Å². The molecule has 1 unspecified atom stereocenters. The van der Waals surface area contributed by atoms with Crippen LogP contribution in [0.5, 0.6) is 11.5 Å². The minimum absolute atomic E-state index is 0.0992. The van der Waals surface area contributed by atoms with Gasteiger partial charge in [0.25, 0.3) is 0 Å². The molecule has 6 nitrogen and oxygen atoms in total. The Bertz CT molecular complexity index is 1390. The van der Waals surface area contributed by atoms with Gasteiger partial charge in [0.15, 0.2) is 0 Å². The number of hydrogen-bond donors (Lipinski definition) is 2. The standard InChI is InChI=1S/C30H33FN4O2/c1-36-24-8-9-27-26(18-24)25-11-12-32-29(30(25)33-27)20-3-10-28(37-2)21(17-20)19-34-13-15-35(16-14-34)23-6-4-22(31)5-7-23/h3-10,17-18,29,32-33H,11-16,19H2,1-2H3. The van der Waals surface area contributed by atoms with Gasteiger partial charge in [-0.3, -0.25) is 4.90 Å². The summed E-state index contributed by atoms with van der Waals surface area (Å²) in [7, 11) is 3.46. The number of anilines is 1. The number of fused-ring (bicyclic) bond motifs is 3. The molecule has 4 aromatic rings. The third-order valence-electron chi connectivity index (χ3n) is 7.75. The number of aromatic amines is 1. The van der Waals surface area contributed by atoms with Crippen LogP contribution in [0.15, 0.2) is 60.7 Å². The molecule has 1 aromatic heterocycles. The van der Waals surface area contributed by atoms with Crippen LogP contribution in [0.4, 0.5) is 10.1 Å². The first-order valence-corrected chi connectivity index (χ1v) is 12.9. The van der Waals surface area contributed by atoms with Crippen molar-refractivity contribution in [3.63, 3.8) is 0 Å².